The molecule has 138 valence electrons. The highest BCUT2D eigenvalue weighted by atomic mass is 35.5. The van der Waals surface area contributed by atoms with Crippen LogP contribution in [-0.2, 0) is 6.54 Å². The maximum Gasteiger partial charge on any atom is 0.171 e. The summed E-state index contributed by atoms with van der Waals surface area (Å²) in [4.78, 5) is 0. The lowest BCUT2D eigenvalue weighted by Crippen LogP contribution is -2.28. The number of benzene rings is 3. The van der Waals surface area contributed by atoms with Gasteiger partial charge in [-0.05, 0) is 53.2 Å². The average molecular weight is 417 g/mol. The first kappa shape index (κ1) is 19.5. The van der Waals surface area contributed by atoms with E-state index in [0.29, 0.717) is 27.5 Å². The van der Waals surface area contributed by atoms with E-state index < -0.39 is 0 Å². The summed E-state index contributed by atoms with van der Waals surface area (Å²) >= 11 is 17.4. The van der Waals surface area contributed by atoms with Gasteiger partial charge in [0.15, 0.2) is 5.11 Å². The van der Waals surface area contributed by atoms with Gasteiger partial charge in [0.2, 0.25) is 0 Å². The lowest BCUT2D eigenvalue weighted by Gasteiger charge is -2.15. The number of hydrogen-bond acceptors (Lipinski definition) is 2. The Morgan fingerprint density at radius 2 is 1.70 bits per heavy atom. The summed E-state index contributed by atoms with van der Waals surface area (Å²) in [5.74, 6) is 0.716. The average Bonchev–Trinajstić information content (AvgIpc) is 2.69. The van der Waals surface area contributed by atoms with Crippen LogP contribution in [0.15, 0.2) is 66.7 Å². The summed E-state index contributed by atoms with van der Waals surface area (Å²) in [5, 5.41) is 7.91. The molecule has 0 aliphatic heterocycles. The molecule has 0 radical (unpaired) electrons. The molecule has 3 nitrogen and oxygen atoms in total. The van der Waals surface area contributed by atoms with Gasteiger partial charge in [-0.2, -0.15) is 0 Å². The molecule has 3 aromatic carbocycles. The van der Waals surface area contributed by atoms with Gasteiger partial charge < -0.3 is 15.4 Å². The number of ether oxygens (including phenoxy) is 1. The van der Waals surface area contributed by atoms with E-state index in [2.05, 4.69) is 22.8 Å². The second-order valence-electron chi connectivity index (χ2n) is 5.84. The summed E-state index contributed by atoms with van der Waals surface area (Å²) < 4.78 is 5.45. The van der Waals surface area contributed by atoms with E-state index in [9.17, 15) is 0 Å². The van der Waals surface area contributed by atoms with Gasteiger partial charge in [-0.1, -0.05) is 65.7 Å². The summed E-state index contributed by atoms with van der Waals surface area (Å²) in [6.07, 6.45) is 0. The Kier molecular flexibility index (Phi) is 6.56. The number of anilines is 1. The van der Waals surface area contributed by atoms with Crippen LogP contribution < -0.4 is 15.4 Å². The van der Waals surface area contributed by atoms with Gasteiger partial charge in [-0.3, -0.25) is 0 Å². The fourth-order valence-electron chi connectivity index (χ4n) is 2.61. The second-order valence-corrected chi connectivity index (χ2v) is 7.06. The molecule has 0 bridgehead atoms. The van der Waals surface area contributed by atoms with E-state index in [-0.39, 0.29) is 0 Å². The molecule has 0 aliphatic rings. The van der Waals surface area contributed by atoms with Gasteiger partial charge >= 0.3 is 0 Å². The van der Waals surface area contributed by atoms with Crippen LogP contribution in [-0.4, -0.2) is 12.2 Å². The topological polar surface area (TPSA) is 33.3 Å². The number of hydrogen-bond donors (Lipinski definition) is 2. The van der Waals surface area contributed by atoms with E-state index in [1.165, 1.54) is 0 Å². The summed E-state index contributed by atoms with van der Waals surface area (Å²) in [5.41, 5.74) is 3.98. The lowest BCUT2D eigenvalue weighted by molar-refractivity contribution is 0.417. The van der Waals surface area contributed by atoms with E-state index in [0.717, 1.165) is 22.4 Å². The van der Waals surface area contributed by atoms with Crippen LogP contribution in [0.5, 0.6) is 5.75 Å². The van der Waals surface area contributed by atoms with E-state index in [1.54, 1.807) is 13.2 Å². The highest BCUT2D eigenvalue weighted by Gasteiger charge is 2.08. The molecule has 6 heteroatoms. The third-order valence-corrected chi connectivity index (χ3v) is 4.98. The molecule has 3 rings (SSSR count). The molecule has 0 unspecified atom stereocenters. The lowest BCUT2D eigenvalue weighted by atomic mass is 10.0. The SMILES string of the molecule is COc1ccc(-c2ccccc2)cc1NC(=S)NCc1ccc(Cl)c(Cl)c1. The second kappa shape index (κ2) is 9.09. The van der Waals surface area contributed by atoms with E-state index in [1.807, 2.05) is 48.5 Å². The molecule has 2 N–H and O–H groups in total. The minimum Gasteiger partial charge on any atom is -0.495 e. The Morgan fingerprint density at radius 1 is 0.926 bits per heavy atom. The predicted octanol–water partition coefficient (Wildman–Crippen LogP) is 6.16. The zero-order chi connectivity index (χ0) is 19.2. The molecule has 0 amide bonds. The Hall–Kier alpha value is -2.27. The molecule has 0 saturated carbocycles. The van der Waals surface area contributed by atoms with Gasteiger partial charge in [0.1, 0.15) is 5.75 Å². The molecular formula is C21H18Cl2N2OS. The molecule has 0 heterocycles. The molecule has 0 aliphatic carbocycles. The zero-order valence-corrected chi connectivity index (χ0v) is 17.0. The van der Waals surface area contributed by atoms with Gasteiger partial charge in [-0.15, -0.1) is 0 Å². The van der Waals surface area contributed by atoms with Gasteiger partial charge in [-0.25, -0.2) is 0 Å². The number of halogens is 2. The zero-order valence-electron chi connectivity index (χ0n) is 14.6. The molecule has 0 saturated heterocycles. The third-order valence-electron chi connectivity index (χ3n) is 3.99. The Balaban J connectivity index is 1.71. The standard InChI is InChI=1S/C21H18Cl2N2OS/c1-26-20-10-8-16(15-5-3-2-4-6-15)12-19(20)25-21(27)24-13-14-7-9-17(22)18(23)11-14/h2-12H,13H2,1H3,(H2,24,25,27). The van der Waals surface area contributed by atoms with Gasteiger partial charge in [0, 0.05) is 6.54 Å². The van der Waals surface area contributed by atoms with E-state index >= 15 is 0 Å². The smallest absolute Gasteiger partial charge is 0.171 e. The summed E-state index contributed by atoms with van der Waals surface area (Å²) in [6.45, 7) is 0.531. The Labute approximate surface area is 174 Å². The highest BCUT2D eigenvalue weighted by molar-refractivity contribution is 7.80. The van der Waals surface area contributed by atoms with Crippen molar-refractivity contribution in [3.05, 3.63) is 82.3 Å². The van der Waals surface area contributed by atoms with Crippen LogP contribution in [0.4, 0.5) is 5.69 Å². The Morgan fingerprint density at radius 3 is 2.41 bits per heavy atom. The first-order valence-corrected chi connectivity index (χ1v) is 9.45. The van der Waals surface area contributed by atoms with Crippen molar-refractivity contribution in [1.82, 2.24) is 5.32 Å². The van der Waals surface area contributed by atoms with Crippen molar-refractivity contribution >= 4 is 46.2 Å². The van der Waals surface area contributed by atoms with E-state index in [4.69, 9.17) is 40.2 Å². The molecule has 0 spiro atoms. The van der Waals surface area contributed by atoms with Gasteiger partial charge in [0.25, 0.3) is 0 Å². The van der Waals surface area contributed by atoms with Crippen LogP contribution in [0.1, 0.15) is 5.56 Å². The monoisotopic (exact) mass is 416 g/mol. The predicted molar refractivity (Wildman–Crippen MR) is 118 cm³/mol. The molecule has 0 fully saturated rings. The van der Waals surface area contributed by atoms with Crippen LogP contribution in [0.25, 0.3) is 11.1 Å². The van der Waals surface area contributed by atoms with Crippen molar-refractivity contribution in [3.63, 3.8) is 0 Å². The van der Waals surface area contributed by atoms with Crippen molar-refractivity contribution in [1.29, 1.82) is 0 Å². The van der Waals surface area contributed by atoms with Crippen LogP contribution in [0, 0.1) is 0 Å². The largest absolute Gasteiger partial charge is 0.495 e. The van der Waals surface area contributed by atoms with Crippen LogP contribution in [0.2, 0.25) is 10.0 Å². The number of thiocarbonyl (C=S) groups is 1. The molecule has 3 aromatic rings. The quantitative estimate of drug-likeness (QED) is 0.488. The molecule has 0 aromatic heterocycles. The van der Waals surface area contributed by atoms with Crippen LogP contribution in [0.3, 0.4) is 0 Å². The summed E-state index contributed by atoms with van der Waals surface area (Å²) in [6, 6.07) is 21.6. The number of nitrogens with one attached hydrogen (secondary N) is 2. The van der Waals surface area contributed by atoms with Crippen molar-refractivity contribution < 1.29 is 4.74 Å². The minimum absolute atomic E-state index is 0.490. The Bertz CT molecular complexity index is 948. The number of rotatable bonds is 5. The fourth-order valence-corrected chi connectivity index (χ4v) is 3.12. The van der Waals surface area contributed by atoms with Crippen LogP contribution >= 0.6 is 35.4 Å². The van der Waals surface area contributed by atoms with Crippen molar-refractivity contribution in [2.45, 2.75) is 6.54 Å². The maximum atomic E-state index is 6.05. The molecule has 27 heavy (non-hydrogen) atoms. The molecule has 0 atom stereocenters. The minimum atomic E-state index is 0.490. The number of methoxy groups -OCH3 is 1. The fraction of sp³-hybridized carbons (Fsp3) is 0.0952. The maximum absolute atomic E-state index is 6.05. The molecular weight excluding hydrogens is 399 g/mol. The highest BCUT2D eigenvalue weighted by Crippen LogP contribution is 2.30. The summed E-state index contributed by atoms with van der Waals surface area (Å²) in [7, 11) is 1.63. The third kappa shape index (κ3) is 5.13. The first-order chi connectivity index (χ1) is 13.1. The first-order valence-electron chi connectivity index (χ1n) is 8.29. The van der Waals surface area contributed by atoms with Crippen molar-refractivity contribution in [3.8, 4) is 16.9 Å². The normalized spacial score (nSPS) is 10.3. The van der Waals surface area contributed by atoms with Crippen molar-refractivity contribution in [2.75, 3.05) is 12.4 Å². The van der Waals surface area contributed by atoms with Gasteiger partial charge in [0.05, 0.1) is 22.8 Å². The van der Waals surface area contributed by atoms with Crippen molar-refractivity contribution in [2.24, 2.45) is 0 Å².